The molecule has 0 bridgehead atoms. The molecule has 0 unspecified atom stereocenters. The lowest BCUT2D eigenvalue weighted by Crippen LogP contribution is -2.11. The number of epoxide rings is 1. The second-order valence-corrected chi connectivity index (χ2v) is 2.99. The zero-order chi connectivity index (χ0) is 9.97. The zero-order valence-corrected chi connectivity index (χ0v) is 7.47. The molecule has 1 atom stereocenters. The molecule has 1 aliphatic heterocycles. The van der Waals surface area contributed by atoms with Crippen molar-refractivity contribution in [3.8, 4) is 0 Å². The summed E-state index contributed by atoms with van der Waals surface area (Å²) in [6, 6.07) is 7.51. The Labute approximate surface area is 81.3 Å². The molecule has 14 heavy (non-hydrogen) atoms. The molecule has 0 aromatic heterocycles. The molecule has 2 N–H and O–H groups in total. The molecule has 1 fully saturated rings. The van der Waals surface area contributed by atoms with E-state index in [2.05, 4.69) is 5.22 Å². The Morgan fingerprint density at radius 3 is 2.93 bits per heavy atom. The summed E-state index contributed by atoms with van der Waals surface area (Å²) in [5.41, 5.74) is 8.64. The van der Waals surface area contributed by atoms with Crippen LogP contribution in [-0.4, -0.2) is 12.9 Å². The summed E-state index contributed by atoms with van der Waals surface area (Å²) in [5.74, 6) is 0. The molecule has 72 valence electrons. The standard InChI is InChI=1S/C9H10N4O/c10-6-13(12-11)8-3-1-2-7(4-8)9-5-14-9/h1-4,6,9-11H,5H2/t9-/m1/s1. The van der Waals surface area contributed by atoms with Crippen LogP contribution in [0.15, 0.2) is 29.5 Å². The van der Waals surface area contributed by atoms with Gasteiger partial charge in [-0.25, -0.2) is 5.01 Å². The molecule has 2 rings (SSSR count). The van der Waals surface area contributed by atoms with E-state index in [0.29, 0.717) is 5.69 Å². The van der Waals surface area contributed by atoms with E-state index in [1.165, 1.54) is 5.01 Å². The Morgan fingerprint density at radius 1 is 1.57 bits per heavy atom. The topological polar surface area (TPSA) is 75.8 Å². The average molecular weight is 190 g/mol. The minimum atomic E-state index is 0.188. The van der Waals surface area contributed by atoms with Gasteiger partial charge in [-0.2, -0.15) is 5.53 Å². The molecule has 0 amide bonds. The monoisotopic (exact) mass is 190 g/mol. The van der Waals surface area contributed by atoms with Gasteiger partial charge in [0.05, 0.1) is 12.3 Å². The fourth-order valence-electron chi connectivity index (χ4n) is 1.27. The summed E-state index contributed by atoms with van der Waals surface area (Å²) in [4.78, 5) is 0. The van der Waals surface area contributed by atoms with Gasteiger partial charge in [0.2, 0.25) is 0 Å². The molecule has 0 aliphatic carbocycles. The molecular formula is C9H10N4O. The number of nitrogens with one attached hydrogen (secondary N) is 2. The first-order valence-electron chi connectivity index (χ1n) is 4.24. The highest BCUT2D eigenvalue weighted by Gasteiger charge is 2.24. The maximum Gasteiger partial charge on any atom is 0.110 e. The number of hydrogen-bond donors (Lipinski definition) is 2. The summed E-state index contributed by atoms with van der Waals surface area (Å²) in [6.45, 7) is 0.756. The lowest BCUT2D eigenvalue weighted by molar-refractivity contribution is 0.415. The summed E-state index contributed by atoms with van der Waals surface area (Å²) >= 11 is 0. The fraction of sp³-hybridized carbons (Fsp3) is 0.222. The van der Waals surface area contributed by atoms with Gasteiger partial charge in [-0.15, -0.1) is 0 Å². The van der Waals surface area contributed by atoms with Crippen LogP contribution < -0.4 is 5.01 Å². The van der Waals surface area contributed by atoms with Gasteiger partial charge in [-0.05, 0) is 17.7 Å². The SMILES string of the molecule is N=CN(N=N)c1cccc([C@H]2CO2)c1. The van der Waals surface area contributed by atoms with Crippen molar-refractivity contribution in [1.82, 2.24) is 0 Å². The van der Waals surface area contributed by atoms with E-state index >= 15 is 0 Å². The number of nitrogens with zero attached hydrogens (tertiary/aromatic N) is 2. The minimum Gasteiger partial charge on any atom is -0.368 e. The average Bonchev–Trinajstić information content (AvgIpc) is 3.03. The van der Waals surface area contributed by atoms with Crippen LogP contribution in [-0.2, 0) is 4.74 Å². The van der Waals surface area contributed by atoms with Crippen LogP contribution in [0.4, 0.5) is 5.69 Å². The van der Waals surface area contributed by atoms with E-state index in [4.69, 9.17) is 15.7 Å². The molecule has 0 spiro atoms. The van der Waals surface area contributed by atoms with Gasteiger partial charge in [-0.3, -0.25) is 5.41 Å². The Bertz CT molecular complexity index is 354. The molecule has 5 nitrogen and oxygen atoms in total. The Balaban J connectivity index is 2.28. The molecule has 5 heteroatoms. The van der Waals surface area contributed by atoms with Crippen molar-refractivity contribution in [2.75, 3.05) is 11.6 Å². The highest BCUT2D eigenvalue weighted by atomic mass is 16.6. The molecule has 1 aromatic rings. The summed E-state index contributed by atoms with van der Waals surface area (Å²) in [6.07, 6.45) is 1.19. The maximum absolute atomic E-state index is 7.05. The van der Waals surface area contributed by atoms with E-state index in [9.17, 15) is 0 Å². The van der Waals surface area contributed by atoms with Gasteiger partial charge in [-0.1, -0.05) is 17.4 Å². The van der Waals surface area contributed by atoms with Crippen LogP contribution in [0.25, 0.3) is 0 Å². The maximum atomic E-state index is 7.05. The summed E-state index contributed by atoms with van der Waals surface area (Å²) in [7, 11) is 0. The van der Waals surface area contributed by atoms with Crippen LogP contribution in [0.5, 0.6) is 0 Å². The molecule has 0 saturated carbocycles. The number of hydrogen-bond acceptors (Lipinski definition) is 4. The molecule has 1 saturated heterocycles. The quantitative estimate of drug-likeness (QED) is 0.251. The smallest absolute Gasteiger partial charge is 0.110 e. The van der Waals surface area contributed by atoms with E-state index in [1.807, 2.05) is 18.2 Å². The van der Waals surface area contributed by atoms with E-state index in [-0.39, 0.29) is 6.10 Å². The first kappa shape index (κ1) is 8.83. The molecule has 1 aromatic carbocycles. The summed E-state index contributed by atoms with van der Waals surface area (Å²) in [5, 5.41) is 11.4. The number of anilines is 1. The molecule has 1 aliphatic rings. The number of ether oxygens (including phenoxy) is 1. The van der Waals surface area contributed by atoms with Crippen molar-refractivity contribution in [3.05, 3.63) is 29.8 Å². The van der Waals surface area contributed by atoms with Crippen LogP contribution in [0.1, 0.15) is 11.7 Å². The molecule has 1 heterocycles. The Kier molecular flexibility index (Phi) is 2.24. The largest absolute Gasteiger partial charge is 0.368 e. The number of benzene rings is 1. The first-order chi connectivity index (χ1) is 6.85. The van der Waals surface area contributed by atoms with Crippen LogP contribution >= 0.6 is 0 Å². The highest BCUT2D eigenvalue weighted by Crippen LogP contribution is 2.31. The lowest BCUT2D eigenvalue weighted by Gasteiger charge is -2.10. The van der Waals surface area contributed by atoms with Crippen LogP contribution in [0, 0.1) is 10.9 Å². The minimum absolute atomic E-state index is 0.188. The van der Waals surface area contributed by atoms with Gasteiger partial charge >= 0.3 is 0 Å². The second-order valence-electron chi connectivity index (χ2n) is 2.99. The number of rotatable bonds is 4. The molecular weight excluding hydrogens is 180 g/mol. The lowest BCUT2D eigenvalue weighted by atomic mass is 10.1. The predicted molar refractivity (Wildman–Crippen MR) is 51.5 cm³/mol. The van der Waals surface area contributed by atoms with Crippen molar-refractivity contribution in [3.63, 3.8) is 0 Å². The van der Waals surface area contributed by atoms with Crippen LogP contribution in [0.2, 0.25) is 0 Å². The van der Waals surface area contributed by atoms with E-state index < -0.39 is 0 Å². The van der Waals surface area contributed by atoms with Crippen LogP contribution in [0.3, 0.4) is 0 Å². The van der Waals surface area contributed by atoms with Crippen molar-refractivity contribution >= 4 is 12.0 Å². The van der Waals surface area contributed by atoms with Crippen molar-refractivity contribution in [1.29, 1.82) is 10.9 Å². The fourth-order valence-corrected chi connectivity index (χ4v) is 1.27. The van der Waals surface area contributed by atoms with Gasteiger partial charge in [0.1, 0.15) is 12.4 Å². The van der Waals surface area contributed by atoms with Crippen molar-refractivity contribution in [2.24, 2.45) is 5.22 Å². The third-order valence-corrected chi connectivity index (χ3v) is 2.07. The van der Waals surface area contributed by atoms with Crippen molar-refractivity contribution < 1.29 is 4.74 Å². The van der Waals surface area contributed by atoms with Gasteiger partial charge < -0.3 is 4.74 Å². The second kappa shape index (κ2) is 3.55. The Hall–Kier alpha value is -1.75. The Morgan fingerprint density at radius 2 is 2.36 bits per heavy atom. The predicted octanol–water partition coefficient (Wildman–Crippen LogP) is 2.12. The highest BCUT2D eigenvalue weighted by molar-refractivity contribution is 5.75. The van der Waals surface area contributed by atoms with E-state index in [0.717, 1.165) is 18.5 Å². The van der Waals surface area contributed by atoms with Gasteiger partial charge in [0.15, 0.2) is 0 Å². The van der Waals surface area contributed by atoms with Gasteiger partial charge in [0, 0.05) is 0 Å². The zero-order valence-electron chi connectivity index (χ0n) is 7.47. The van der Waals surface area contributed by atoms with E-state index in [1.54, 1.807) is 6.07 Å². The third-order valence-electron chi connectivity index (χ3n) is 2.07. The third kappa shape index (κ3) is 1.62. The van der Waals surface area contributed by atoms with Gasteiger partial charge in [0.25, 0.3) is 0 Å². The summed E-state index contributed by atoms with van der Waals surface area (Å²) < 4.78 is 5.14. The molecule has 0 radical (unpaired) electrons. The normalized spacial score (nSPS) is 18.7. The first-order valence-corrected chi connectivity index (χ1v) is 4.24. The van der Waals surface area contributed by atoms with Crippen molar-refractivity contribution in [2.45, 2.75) is 6.10 Å².